The van der Waals surface area contributed by atoms with E-state index in [1.54, 1.807) is 26.0 Å². The molecule has 0 unspecified atom stereocenters. The number of aromatic nitrogens is 3. The van der Waals surface area contributed by atoms with E-state index in [1.807, 2.05) is 0 Å². The third-order valence-electron chi connectivity index (χ3n) is 3.39. The van der Waals surface area contributed by atoms with Gasteiger partial charge in [-0.1, -0.05) is 5.16 Å². The molecule has 0 aliphatic carbocycles. The van der Waals surface area contributed by atoms with Gasteiger partial charge >= 0.3 is 0 Å². The quantitative estimate of drug-likeness (QED) is 0.786. The van der Waals surface area contributed by atoms with Crippen molar-refractivity contribution in [1.82, 2.24) is 15.5 Å². The SMILES string of the molecule is COc1ccc(NC(=O)Cc2c(C)noc2C)c2nonc12. The molecule has 0 aliphatic rings. The number of amides is 1. The third-order valence-corrected chi connectivity index (χ3v) is 3.39. The fourth-order valence-corrected chi connectivity index (χ4v) is 2.22. The molecule has 3 aromatic rings. The van der Waals surface area contributed by atoms with Crippen LogP contribution in [0.1, 0.15) is 17.0 Å². The van der Waals surface area contributed by atoms with Gasteiger partial charge in [-0.05, 0) is 36.3 Å². The van der Waals surface area contributed by atoms with Gasteiger partial charge in [-0.3, -0.25) is 4.79 Å². The topological polar surface area (TPSA) is 103 Å². The molecule has 0 bridgehead atoms. The highest BCUT2D eigenvalue weighted by molar-refractivity contribution is 6.01. The standard InChI is InChI=1S/C14H14N4O4/c1-7-9(8(2)21-16-7)6-12(19)15-10-4-5-11(20-3)14-13(10)17-22-18-14/h4-5H,6H2,1-3H3,(H,15,19). The van der Waals surface area contributed by atoms with E-state index in [2.05, 4.69) is 20.8 Å². The first-order chi connectivity index (χ1) is 10.6. The van der Waals surface area contributed by atoms with Crippen LogP contribution in [0.15, 0.2) is 21.3 Å². The lowest BCUT2D eigenvalue weighted by molar-refractivity contribution is -0.115. The summed E-state index contributed by atoms with van der Waals surface area (Å²) >= 11 is 0. The number of anilines is 1. The van der Waals surface area contributed by atoms with Gasteiger partial charge in [-0.15, -0.1) is 0 Å². The molecule has 2 heterocycles. The monoisotopic (exact) mass is 302 g/mol. The molecule has 8 nitrogen and oxygen atoms in total. The molecule has 1 amide bonds. The first-order valence-electron chi connectivity index (χ1n) is 6.61. The van der Waals surface area contributed by atoms with Crippen molar-refractivity contribution in [2.24, 2.45) is 0 Å². The first kappa shape index (κ1) is 14.1. The molecule has 0 atom stereocenters. The average Bonchev–Trinajstić information content (AvgIpc) is 3.10. The Balaban J connectivity index is 1.84. The van der Waals surface area contributed by atoms with Crippen molar-refractivity contribution >= 4 is 22.6 Å². The summed E-state index contributed by atoms with van der Waals surface area (Å²) in [7, 11) is 1.53. The zero-order chi connectivity index (χ0) is 15.7. The molecule has 1 aromatic carbocycles. The van der Waals surface area contributed by atoms with Gasteiger partial charge < -0.3 is 14.6 Å². The molecular formula is C14H14N4O4. The minimum Gasteiger partial charge on any atom is -0.494 e. The van der Waals surface area contributed by atoms with Crippen LogP contribution < -0.4 is 10.1 Å². The Morgan fingerprint density at radius 2 is 2.00 bits per heavy atom. The summed E-state index contributed by atoms with van der Waals surface area (Å²) in [6.07, 6.45) is 0.167. The highest BCUT2D eigenvalue weighted by atomic mass is 16.6. The zero-order valence-corrected chi connectivity index (χ0v) is 12.3. The van der Waals surface area contributed by atoms with E-state index in [0.717, 1.165) is 5.56 Å². The van der Waals surface area contributed by atoms with Crippen LogP contribution in [-0.4, -0.2) is 28.5 Å². The Bertz CT molecular complexity index is 817. The lowest BCUT2D eigenvalue weighted by Crippen LogP contribution is -2.15. The molecule has 0 fully saturated rings. The first-order valence-corrected chi connectivity index (χ1v) is 6.61. The fourth-order valence-electron chi connectivity index (χ4n) is 2.22. The van der Waals surface area contributed by atoms with Crippen molar-refractivity contribution < 1.29 is 18.7 Å². The predicted octanol–water partition coefficient (Wildman–Crippen LogP) is 2.02. The lowest BCUT2D eigenvalue weighted by Gasteiger charge is -2.06. The molecule has 0 aliphatic heterocycles. The smallest absolute Gasteiger partial charge is 0.229 e. The minimum atomic E-state index is -0.205. The van der Waals surface area contributed by atoms with Crippen LogP contribution >= 0.6 is 0 Å². The zero-order valence-electron chi connectivity index (χ0n) is 12.3. The van der Waals surface area contributed by atoms with Crippen LogP contribution in [0.25, 0.3) is 11.0 Å². The Morgan fingerprint density at radius 3 is 2.68 bits per heavy atom. The number of ether oxygens (including phenoxy) is 1. The van der Waals surface area contributed by atoms with Gasteiger partial charge in [0.25, 0.3) is 0 Å². The van der Waals surface area contributed by atoms with E-state index < -0.39 is 0 Å². The van der Waals surface area contributed by atoms with Gasteiger partial charge in [0.2, 0.25) is 5.91 Å². The van der Waals surface area contributed by atoms with Gasteiger partial charge in [-0.2, -0.15) is 0 Å². The van der Waals surface area contributed by atoms with Crippen LogP contribution in [0.2, 0.25) is 0 Å². The Kier molecular flexibility index (Phi) is 3.50. The molecular weight excluding hydrogens is 288 g/mol. The predicted molar refractivity (Wildman–Crippen MR) is 76.7 cm³/mol. The van der Waals surface area contributed by atoms with Crippen LogP contribution in [0.5, 0.6) is 5.75 Å². The number of aryl methyl sites for hydroxylation is 2. The molecule has 2 aromatic heterocycles. The van der Waals surface area contributed by atoms with Crippen molar-refractivity contribution in [2.75, 3.05) is 12.4 Å². The Hall–Kier alpha value is -2.90. The maximum Gasteiger partial charge on any atom is 0.229 e. The number of hydrogen-bond acceptors (Lipinski definition) is 7. The number of rotatable bonds is 4. The minimum absolute atomic E-state index is 0.167. The molecule has 114 valence electrons. The molecule has 1 N–H and O–H groups in total. The largest absolute Gasteiger partial charge is 0.494 e. The summed E-state index contributed by atoms with van der Waals surface area (Å²) in [6, 6.07) is 3.38. The maximum atomic E-state index is 12.2. The second-order valence-corrected chi connectivity index (χ2v) is 4.80. The van der Waals surface area contributed by atoms with Crippen LogP contribution in [0, 0.1) is 13.8 Å². The second kappa shape index (κ2) is 5.47. The second-order valence-electron chi connectivity index (χ2n) is 4.80. The number of benzene rings is 1. The van der Waals surface area contributed by atoms with E-state index in [4.69, 9.17) is 13.9 Å². The van der Waals surface area contributed by atoms with Crippen molar-refractivity contribution in [2.45, 2.75) is 20.3 Å². The molecule has 3 rings (SSSR count). The van der Waals surface area contributed by atoms with Crippen molar-refractivity contribution in [3.63, 3.8) is 0 Å². The van der Waals surface area contributed by atoms with E-state index in [0.29, 0.717) is 33.9 Å². The van der Waals surface area contributed by atoms with Gasteiger partial charge in [0.1, 0.15) is 5.76 Å². The number of fused-ring (bicyclic) bond motifs is 1. The summed E-state index contributed by atoms with van der Waals surface area (Å²) in [5.41, 5.74) is 2.88. The highest BCUT2D eigenvalue weighted by Crippen LogP contribution is 2.28. The van der Waals surface area contributed by atoms with E-state index in [-0.39, 0.29) is 12.3 Å². The van der Waals surface area contributed by atoms with Gasteiger partial charge in [0.15, 0.2) is 16.8 Å². The van der Waals surface area contributed by atoms with E-state index in [1.165, 1.54) is 7.11 Å². The summed E-state index contributed by atoms with van der Waals surface area (Å²) in [6.45, 7) is 3.57. The third kappa shape index (κ3) is 2.39. The highest BCUT2D eigenvalue weighted by Gasteiger charge is 2.17. The number of carbonyl (C=O) groups is 1. The number of hydrogen-bond donors (Lipinski definition) is 1. The summed E-state index contributed by atoms with van der Waals surface area (Å²) in [5.74, 6) is 0.958. The summed E-state index contributed by atoms with van der Waals surface area (Å²) in [5, 5.41) is 14.2. The van der Waals surface area contributed by atoms with Crippen LogP contribution in [0.3, 0.4) is 0 Å². The lowest BCUT2D eigenvalue weighted by atomic mass is 10.1. The number of nitrogens with zero attached hydrogens (tertiary/aromatic N) is 3. The Morgan fingerprint density at radius 1 is 1.23 bits per heavy atom. The average molecular weight is 302 g/mol. The van der Waals surface area contributed by atoms with Crippen molar-refractivity contribution in [1.29, 1.82) is 0 Å². The van der Waals surface area contributed by atoms with Crippen LogP contribution in [0.4, 0.5) is 5.69 Å². The Labute approximate surface area is 125 Å². The van der Waals surface area contributed by atoms with E-state index >= 15 is 0 Å². The van der Waals surface area contributed by atoms with Crippen LogP contribution in [-0.2, 0) is 11.2 Å². The maximum absolute atomic E-state index is 12.2. The molecule has 0 radical (unpaired) electrons. The molecule has 0 spiro atoms. The number of nitrogens with one attached hydrogen (secondary N) is 1. The van der Waals surface area contributed by atoms with Crippen molar-refractivity contribution in [3.05, 3.63) is 29.2 Å². The fraction of sp³-hybridized carbons (Fsp3) is 0.286. The summed E-state index contributed by atoms with van der Waals surface area (Å²) < 4.78 is 14.9. The van der Waals surface area contributed by atoms with E-state index in [9.17, 15) is 4.79 Å². The molecule has 22 heavy (non-hydrogen) atoms. The molecule has 0 saturated carbocycles. The van der Waals surface area contributed by atoms with Gasteiger partial charge in [0.05, 0.1) is 24.9 Å². The molecule has 0 saturated heterocycles. The number of methoxy groups -OCH3 is 1. The van der Waals surface area contributed by atoms with Gasteiger partial charge in [-0.25, -0.2) is 4.63 Å². The number of carbonyl (C=O) groups excluding carboxylic acids is 1. The molecule has 8 heteroatoms. The van der Waals surface area contributed by atoms with Crippen molar-refractivity contribution in [3.8, 4) is 5.75 Å². The van der Waals surface area contributed by atoms with Gasteiger partial charge in [0, 0.05) is 5.56 Å². The normalized spacial score (nSPS) is 10.9. The summed E-state index contributed by atoms with van der Waals surface area (Å²) in [4.78, 5) is 12.2.